The fraction of sp³-hybridized carbons (Fsp3) is 0.625. The minimum absolute atomic E-state index is 0.198. The first-order chi connectivity index (χ1) is 8.65. The van der Waals surface area contributed by atoms with Gasteiger partial charge in [-0.2, -0.15) is 0 Å². The second-order valence-corrected chi connectivity index (χ2v) is 5.66. The van der Waals surface area contributed by atoms with Crippen molar-refractivity contribution < 1.29 is 9.50 Å². The van der Waals surface area contributed by atoms with Crippen LogP contribution in [0.3, 0.4) is 0 Å². The van der Waals surface area contributed by atoms with E-state index in [1.807, 2.05) is 6.92 Å². The molecule has 100 valence electrons. The van der Waals surface area contributed by atoms with Crippen LogP contribution in [0.2, 0.25) is 0 Å². The lowest BCUT2D eigenvalue weighted by Gasteiger charge is -2.15. The molecule has 0 bridgehead atoms. The second-order valence-electron chi connectivity index (χ2n) is 5.66. The smallest absolute Gasteiger partial charge is 0.123 e. The van der Waals surface area contributed by atoms with E-state index in [1.54, 1.807) is 12.1 Å². The van der Waals surface area contributed by atoms with Crippen LogP contribution >= 0.6 is 0 Å². The molecule has 1 aliphatic carbocycles. The topological polar surface area (TPSA) is 20.2 Å². The summed E-state index contributed by atoms with van der Waals surface area (Å²) >= 11 is 0. The number of hydrogen-bond donors (Lipinski definition) is 1. The van der Waals surface area contributed by atoms with Crippen LogP contribution in [-0.2, 0) is 6.42 Å². The van der Waals surface area contributed by atoms with Crippen LogP contribution in [0.4, 0.5) is 4.39 Å². The molecule has 0 aromatic heterocycles. The summed E-state index contributed by atoms with van der Waals surface area (Å²) in [6.07, 6.45) is 7.77. The molecule has 1 aliphatic rings. The van der Waals surface area contributed by atoms with Gasteiger partial charge in [0.2, 0.25) is 0 Å². The van der Waals surface area contributed by atoms with Crippen molar-refractivity contribution in [1.29, 1.82) is 0 Å². The van der Waals surface area contributed by atoms with E-state index in [0.29, 0.717) is 6.42 Å². The van der Waals surface area contributed by atoms with Crippen LogP contribution in [0.15, 0.2) is 18.2 Å². The van der Waals surface area contributed by atoms with Crippen LogP contribution in [0, 0.1) is 18.7 Å². The maximum Gasteiger partial charge on any atom is 0.123 e. The quantitative estimate of drug-likeness (QED) is 0.837. The number of hydrogen-bond acceptors (Lipinski definition) is 1. The highest BCUT2D eigenvalue weighted by atomic mass is 19.1. The minimum Gasteiger partial charge on any atom is -0.393 e. The Kier molecular flexibility index (Phi) is 4.76. The van der Waals surface area contributed by atoms with Crippen molar-refractivity contribution in [2.75, 3.05) is 0 Å². The summed E-state index contributed by atoms with van der Waals surface area (Å²) in [6.45, 7) is 1.90. The first-order valence-corrected chi connectivity index (χ1v) is 7.08. The van der Waals surface area contributed by atoms with Crippen LogP contribution in [0.1, 0.15) is 49.7 Å². The predicted molar refractivity (Wildman–Crippen MR) is 72.0 cm³/mol. The van der Waals surface area contributed by atoms with E-state index in [1.165, 1.54) is 31.7 Å². The fourth-order valence-corrected chi connectivity index (χ4v) is 2.97. The lowest BCUT2D eigenvalue weighted by Crippen LogP contribution is -2.13. The molecule has 1 N–H and O–H groups in total. The average Bonchev–Trinajstić information content (AvgIpc) is 2.83. The molecule has 2 rings (SSSR count). The van der Waals surface area contributed by atoms with Crippen LogP contribution < -0.4 is 0 Å². The number of aryl methyl sites for hydroxylation is 1. The van der Waals surface area contributed by atoms with Crippen LogP contribution in [0.5, 0.6) is 0 Å². The molecular weight excluding hydrogens is 227 g/mol. The van der Waals surface area contributed by atoms with Crippen molar-refractivity contribution in [2.24, 2.45) is 5.92 Å². The average molecular weight is 250 g/mol. The number of benzene rings is 1. The summed E-state index contributed by atoms with van der Waals surface area (Å²) in [6, 6.07) is 4.81. The minimum atomic E-state index is -0.283. The number of aliphatic hydroxyl groups excluding tert-OH is 1. The van der Waals surface area contributed by atoms with E-state index in [4.69, 9.17) is 0 Å². The van der Waals surface area contributed by atoms with Crippen molar-refractivity contribution in [2.45, 2.75) is 58.0 Å². The van der Waals surface area contributed by atoms with Gasteiger partial charge in [0.15, 0.2) is 0 Å². The molecule has 1 aromatic rings. The number of halogens is 1. The first-order valence-electron chi connectivity index (χ1n) is 7.08. The molecule has 0 saturated heterocycles. The Labute approximate surface area is 109 Å². The standard InChI is InChI=1S/C16H23FO/c1-12-10-15(17)8-7-14(12)11-16(18)9-6-13-4-2-3-5-13/h7-8,10,13,16,18H,2-6,9,11H2,1H3. The largest absolute Gasteiger partial charge is 0.393 e. The first kappa shape index (κ1) is 13.5. The molecule has 18 heavy (non-hydrogen) atoms. The molecular formula is C16H23FO. The van der Waals surface area contributed by atoms with Gasteiger partial charge in [-0.1, -0.05) is 31.7 Å². The zero-order valence-electron chi connectivity index (χ0n) is 11.2. The molecule has 1 aromatic carbocycles. The van der Waals surface area contributed by atoms with Gasteiger partial charge in [-0.3, -0.25) is 0 Å². The Morgan fingerprint density at radius 3 is 2.72 bits per heavy atom. The number of aliphatic hydroxyl groups is 1. The van der Waals surface area contributed by atoms with Crippen molar-refractivity contribution in [1.82, 2.24) is 0 Å². The third kappa shape index (κ3) is 3.81. The monoisotopic (exact) mass is 250 g/mol. The van der Waals surface area contributed by atoms with E-state index < -0.39 is 0 Å². The van der Waals surface area contributed by atoms with Crippen LogP contribution in [-0.4, -0.2) is 11.2 Å². The Morgan fingerprint density at radius 1 is 1.33 bits per heavy atom. The van der Waals surface area contributed by atoms with Crippen molar-refractivity contribution in [3.05, 3.63) is 35.1 Å². The van der Waals surface area contributed by atoms with Crippen LogP contribution in [0.25, 0.3) is 0 Å². The molecule has 1 fully saturated rings. The molecule has 0 aliphatic heterocycles. The van der Waals surface area contributed by atoms with Crippen molar-refractivity contribution in [3.63, 3.8) is 0 Å². The van der Waals surface area contributed by atoms with Crippen molar-refractivity contribution >= 4 is 0 Å². The van der Waals surface area contributed by atoms with Gasteiger partial charge in [-0.25, -0.2) is 4.39 Å². The molecule has 1 nitrogen and oxygen atoms in total. The van der Waals surface area contributed by atoms with Gasteiger partial charge in [0.05, 0.1) is 6.10 Å². The summed E-state index contributed by atoms with van der Waals surface area (Å²) in [4.78, 5) is 0. The molecule has 0 heterocycles. The fourth-order valence-electron chi connectivity index (χ4n) is 2.97. The molecule has 1 atom stereocenters. The van der Waals surface area contributed by atoms with E-state index in [2.05, 4.69) is 0 Å². The summed E-state index contributed by atoms with van der Waals surface area (Å²) in [5, 5.41) is 10.1. The highest BCUT2D eigenvalue weighted by molar-refractivity contribution is 5.27. The maximum absolute atomic E-state index is 13.0. The van der Waals surface area contributed by atoms with E-state index in [9.17, 15) is 9.50 Å². The van der Waals surface area contributed by atoms with Gasteiger partial charge in [0, 0.05) is 0 Å². The lowest BCUT2D eigenvalue weighted by molar-refractivity contribution is 0.154. The summed E-state index contributed by atoms with van der Waals surface area (Å²) in [7, 11) is 0. The van der Waals surface area contributed by atoms with Gasteiger partial charge >= 0.3 is 0 Å². The summed E-state index contributed by atoms with van der Waals surface area (Å²) < 4.78 is 13.0. The summed E-state index contributed by atoms with van der Waals surface area (Å²) in [5.41, 5.74) is 2.00. The Hall–Kier alpha value is -0.890. The van der Waals surface area contributed by atoms with Gasteiger partial charge in [-0.05, 0) is 55.4 Å². The van der Waals surface area contributed by atoms with Gasteiger partial charge in [-0.15, -0.1) is 0 Å². The predicted octanol–water partition coefficient (Wildman–Crippen LogP) is 4.01. The SMILES string of the molecule is Cc1cc(F)ccc1CC(O)CCC1CCCC1. The van der Waals surface area contributed by atoms with E-state index in [0.717, 1.165) is 29.9 Å². The molecule has 0 spiro atoms. The molecule has 2 heteroatoms. The third-order valence-corrected chi connectivity index (χ3v) is 4.14. The van der Waals surface area contributed by atoms with Gasteiger partial charge < -0.3 is 5.11 Å². The number of rotatable bonds is 5. The Balaban J connectivity index is 1.80. The van der Waals surface area contributed by atoms with Gasteiger partial charge in [0.25, 0.3) is 0 Å². The van der Waals surface area contributed by atoms with Crippen molar-refractivity contribution in [3.8, 4) is 0 Å². The van der Waals surface area contributed by atoms with E-state index in [-0.39, 0.29) is 11.9 Å². The zero-order valence-corrected chi connectivity index (χ0v) is 11.2. The highest BCUT2D eigenvalue weighted by Crippen LogP contribution is 2.29. The second kappa shape index (κ2) is 6.33. The molecule has 1 unspecified atom stereocenters. The molecule has 0 amide bonds. The third-order valence-electron chi connectivity index (χ3n) is 4.14. The summed E-state index contributed by atoms with van der Waals surface area (Å²) in [5.74, 6) is 0.630. The molecule has 0 radical (unpaired) electrons. The van der Waals surface area contributed by atoms with Gasteiger partial charge in [0.1, 0.15) is 5.82 Å². The molecule has 1 saturated carbocycles. The Bertz CT molecular complexity index is 383. The maximum atomic E-state index is 13.0. The Morgan fingerprint density at radius 2 is 2.06 bits per heavy atom. The zero-order chi connectivity index (χ0) is 13.0. The lowest BCUT2D eigenvalue weighted by atomic mass is 9.95. The normalized spacial score (nSPS) is 18.2. The highest BCUT2D eigenvalue weighted by Gasteiger charge is 2.17. The van der Waals surface area contributed by atoms with E-state index >= 15 is 0 Å².